The Morgan fingerprint density at radius 1 is 1.60 bits per heavy atom. The number of ether oxygens (including phenoxy) is 1. The van der Waals surface area contributed by atoms with Crippen LogP contribution in [0.1, 0.15) is 25.3 Å². The lowest BCUT2D eigenvalue weighted by molar-refractivity contribution is -0.121. The Morgan fingerprint density at radius 3 is 3.07 bits per heavy atom. The molecule has 0 aromatic carbocycles. The standard InChI is InChI=1S/C11H16N2O2/c1-3-4-10(14)13-8-9-5-6-12-11(7-9)15-2/h5-7H,3-4,8H2,1-2H3,(H,13,14). The van der Waals surface area contributed by atoms with Gasteiger partial charge in [-0.3, -0.25) is 4.79 Å². The highest BCUT2D eigenvalue weighted by Crippen LogP contribution is 2.07. The molecule has 0 saturated heterocycles. The van der Waals surface area contributed by atoms with Crippen LogP contribution in [0.25, 0.3) is 0 Å². The molecule has 0 radical (unpaired) electrons. The minimum absolute atomic E-state index is 0.0771. The molecule has 1 N–H and O–H groups in total. The molecule has 0 spiro atoms. The second kappa shape index (κ2) is 6.01. The van der Waals surface area contributed by atoms with E-state index in [1.54, 1.807) is 13.3 Å². The maximum atomic E-state index is 11.2. The molecule has 0 aliphatic rings. The largest absolute Gasteiger partial charge is 0.481 e. The third kappa shape index (κ3) is 3.97. The van der Waals surface area contributed by atoms with Gasteiger partial charge in [-0.1, -0.05) is 6.92 Å². The highest BCUT2D eigenvalue weighted by molar-refractivity contribution is 5.75. The summed E-state index contributed by atoms with van der Waals surface area (Å²) in [5.41, 5.74) is 0.992. The first-order chi connectivity index (χ1) is 7.26. The van der Waals surface area contributed by atoms with Crippen LogP contribution in [0, 0.1) is 0 Å². The number of methoxy groups -OCH3 is 1. The summed E-state index contributed by atoms with van der Waals surface area (Å²) in [6.45, 7) is 2.51. The SMILES string of the molecule is CCCC(=O)NCc1ccnc(OC)c1. The van der Waals surface area contributed by atoms with E-state index >= 15 is 0 Å². The topological polar surface area (TPSA) is 51.2 Å². The lowest BCUT2D eigenvalue weighted by Crippen LogP contribution is -2.22. The maximum Gasteiger partial charge on any atom is 0.220 e. The van der Waals surface area contributed by atoms with Crippen LogP contribution < -0.4 is 10.1 Å². The van der Waals surface area contributed by atoms with Gasteiger partial charge in [0.15, 0.2) is 0 Å². The molecule has 0 unspecified atom stereocenters. The fourth-order valence-electron chi connectivity index (χ4n) is 1.19. The molecule has 0 aliphatic heterocycles. The molecule has 1 aromatic heterocycles. The van der Waals surface area contributed by atoms with E-state index in [1.165, 1.54) is 0 Å². The minimum atomic E-state index is 0.0771. The zero-order valence-electron chi connectivity index (χ0n) is 9.12. The van der Waals surface area contributed by atoms with Crippen LogP contribution in [0.4, 0.5) is 0 Å². The second-order valence-electron chi connectivity index (χ2n) is 3.23. The average molecular weight is 208 g/mol. The number of rotatable bonds is 5. The first-order valence-electron chi connectivity index (χ1n) is 5.02. The van der Waals surface area contributed by atoms with E-state index in [1.807, 2.05) is 19.1 Å². The third-order valence-electron chi connectivity index (χ3n) is 1.98. The Bertz CT molecular complexity index is 326. The van der Waals surface area contributed by atoms with Gasteiger partial charge < -0.3 is 10.1 Å². The van der Waals surface area contributed by atoms with Gasteiger partial charge in [-0.2, -0.15) is 0 Å². The number of carbonyl (C=O) groups is 1. The van der Waals surface area contributed by atoms with Gasteiger partial charge in [0.05, 0.1) is 7.11 Å². The predicted molar refractivity (Wildman–Crippen MR) is 57.5 cm³/mol. The molecule has 15 heavy (non-hydrogen) atoms. The van der Waals surface area contributed by atoms with Gasteiger partial charge in [0.25, 0.3) is 0 Å². The Hall–Kier alpha value is -1.58. The van der Waals surface area contributed by atoms with Gasteiger partial charge >= 0.3 is 0 Å². The lowest BCUT2D eigenvalue weighted by atomic mass is 10.2. The molecule has 4 nitrogen and oxygen atoms in total. The van der Waals surface area contributed by atoms with Gasteiger partial charge in [0, 0.05) is 25.2 Å². The lowest BCUT2D eigenvalue weighted by Gasteiger charge is -2.05. The van der Waals surface area contributed by atoms with E-state index in [0.717, 1.165) is 12.0 Å². The maximum absolute atomic E-state index is 11.2. The summed E-state index contributed by atoms with van der Waals surface area (Å²) in [5.74, 6) is 0.644. The van der Waals surface area contributed by atoms with Gasteiger partial charge in [-0.25, -0.2) is 4.98 Å². The van der Waals surface area contributed by atoms with Crippen molar-refractivity contribution in [1.29, 1.82) is 0 Å². The average Bonchev–Trinajstić information content (AvgIpc) is 2.27. The van der Waals surface area contributed by atoms with Crippen molar-refractivity contribution in [2.45, 2.75) is 26.3 Å². The number of pyridine rings is 1. The van der Waals surface area contributed by atoms with Gasteiger partial charge in [0.2, 0.25) is 11.8 Å². The van der Waals surface area contributed by atoms with Crippen LogP contribution in [0.3, 0.4) is 0 Å². The number of hydrogen-bond acceptors (Lipinski definition) is 3. The molecule has 0 atom stereocenters. The second-order valence-corrected chi connectivity index (χ2v) is 3.23. The van der Waals surface area contributed by atoms with E-state index < -0.39 is 0 Å². The van der Waals surface area contributed by atoms with Crippen molar-refractivity contribution in [3.63, 3.8) is 0 Å². The van der Waals surface area contributed by atoms with E-state index in [-0.39, 0.29) is 5.91 Å². The number of nitrogens with one attached hydrogen (secondary N) is 1. The predicted octanol–water partition coefficient (Wildman–Crippen LogP) is 1.51. The third-order valence-corrected chi connectivity index (χ3v) is 1.98. The molecular formula is C11H16N2O2. The summed E-state index contributed by atoms with van der Waals surface area (Å²) in [6, 6.07) is 3.67. The molecule has 4 heteroatoms. The van der Waals surface area contributed by atoms with Crippen molar-refractivity contribution >= 4 is 5.91 Å². The summed E-state index contributed by atoms with van der Waals surface area (Å²) in [4.78, 5) is 15.2. The molecule has 1 amide bonds. The Balaban J connectivity index is 2.46. The highest BCUT2D eigenvalue weighted by Gasteiger charge is 2.00. The molecule has 1 heterocycles. The van der Waals surface area contributed by atoms with E-state index in [0.29, 0.717) is 18.8 Å². The first-order valence-corrected chi connectivity index (χ1v) is 5.02. The smallest absolute Gasteiger partial charge is 0.220 e. The summed E-state index contributed by atoms with van der Waals surface area (Å²) in [7, 11) is 1.57. The van der Waals surface area contributed by atoms with E-state index in [9.17, 15) is 4.79 Å². The molecule has 0 saturated carbocycles. The van der Waals surface area contributed by atoms with Crippen molar-refractivity contribution in [1.82, 2.24) is 10.3 Å². The van der Waals surface area contributed by atoms with E-state index in [2.05, 4.69) is 10.3 Å². The Kier molecular flexibility index (Phi) is 4.60. The number of aromatic nitrogens is 1. The quantitative estimate of drug-likeness (QED) is 0.798. The number of hydrogen-bond donors (Lipinski definition) is 1. The zero-order valence-corrected chi connectivity index (χ0v) is 9.12. The van der Waals surface area contributed by atoms with Gasteiger partial charge in [-0.15, -0.1) is 0 Å². The fourth-order valence-corrected chi connectivity index (χ4v) is 1.19. The fraction of sp³-hybridized carbons (Fsp3) is 0.455. The summed E-state index contributed by atoms with van der Waals surface area (Å²) in [5, 5.41) is 2.83. The summed E-state index contributed by atoms with van der Waals surface area (Å²) < 4.78 is 4.99. The van der Waals surface area contributed by atoms with Crippen LogP contribution in [0.5, 0.6) is 5.88 Å². The Morgan fingerprint density at radius 2 is 2.40 bits per heavy atom. The van der Waals surface area contributed by atoms with Crippen LogP contribution in [-0.4, -0.2) is 18.0 Å². The van der Waals surface area contributed by atoms with Crippen LogP contribution in [0.15, 0.2) is 18.3 Å². The van der Waals surface area contributed by atoms with Crippen LogP contribution >= 0.6 is 0 Å². The number of amides is 1. The monoisotopic (exact) mass is 208 g/mol. The molecule has 1 rings (SSSR count). The van der Waals surface area contributed by atoms with Crippen molar-refractivity contribution in [2.24, 2.45) is 0 Å². The van der Waals surface area contributed by atoms with Crippen LogP contribution in [-0.2, 0) is 11.3 Å². The number of nitrogens with zero attached hydrogens (tertiary/aromatic N) is 1. The van der Waals surface area contributed by atoms with Crippen molar-refractivity contribution in [3.8, 4) is 5.88 Å². The summed E-state index contributed by atoms with van der Waals surface area (Å²) >= 11 is 0. The minimum Gasteiger partial charge on any atom is -0.481 e. The van der Waals surface area contributed by atoms with Crippen molar-refractivity contribution in [2.75, 3.05) is 7.11 Å². The summed E-state index contributed by atoms with van der Waals surface area (Å²) in [6.07, 6.45) is 3.11. The molecular weight excluding hydrogens is 192 g/mol. The molecule has 0 aliphatic carbocycles. The van der Waals surface area contributed by atoms with Crippen molar-refractivity contribution < 1.29 is 9.53 Å². The highest BCUT2D eigenvalue weighted by atomic mass is 16.5. The van der Waals surface area contributed by atoms with E-state index in [4.69, 9.17) is 4.74 Å². The molecule has 0 fully saturated rings. The van der Waals surface area contributed by atoms with Gasteiger partial charge in [0.1, 0.15) is 0 Å². The first kappa shape index (κ1) is 11.5. The normalized spacial score (nSPS) is 9.73. The van der Waals surface area contributed by atoms with Gasteiger partial charge in [-0.05, 0) is 18.1 Å². The molecule has 0 bridgehead atoms. The number of carbonyl (C=O) groups excluding carboxylic acids is 1. The zero-order chi connectivity index (χ0) is 11.1. The van der Waals surface area contributed by atoms with Crippen LogP contribution in [0.2, 0.25) is 0 Å². The van der Waals surface area contributed by atoms with Crippen molar-refractivity contribution in [3.05, 3.63) is 23.9 Å². The Labute approximate surface area is 89.7 Å². The molecule has 1 aromatic rings. The molecule has 82 valence electrons.